The number of alkyl halides is 3. The molecule has 0 N–H and O–H groups in total. The van der Waals surface area contributed by atoms with Crippen molar-refractivity contribution in [3.63, 3.8) is 0 Å². The molecule has 0 unspecified atom stereocenters. The molecule has 0 heterocycles. The highest BCUT2D eigenvalue weighted by Gasteiger charge is 2.36. The fraction of sp³-hybridized carbons (Fsp3) is 0.353. The molecule has 8 heteroatoms. The highest BCUT2D eigenvalue weighted by atomic mass is 35.5. The molecule has 0 atom stereocenters. The predicted octanol–water partition coefficient (Wildman–Crippen LogP) is 4.99. The summed E-state index contributed by atoms with van der Waals surface area (Å²) in [6, 6.07) is 5.84. The maximum atomic E-state index is 13.4. The molecule has 0 fully saturated rings. The smallest absolute Gasteiger partial charge is 0.419 e. The topological polar surface area (TPSA) is 51.5 Å². The lowest BCUT2D eigenvalue weighted by atomic mass is 10.2. The summed E-state index contributed by atoms with van der Waals surface area (Å²) in [5, 5.41) is 9.10. The van der Waals surface area contributed by atoms with Crippen LogP contribution in [0.4, 0.5) is 13.2 Å². The van der Waals surface area contributed by atoms with Crippen LogP contribution in [0.1, 0.15) is 19.4 Å². The first-order chi connectivity index (χ1) is 11.8. The second kappa shape index (κ2) is 9.97. The van der Waals surface area contributed by atoms with E-state index in [-0.39, 0.29) is 29.5 Å². The molecule has 1 aromatic rings. The van der Waals surface area contributed by atoms with Crippen LogP contribution < -0.4 is 4.74 Å². The third-order valence-electron chi connectivity index (χ3n) is 2.78. The number of allylic oxidation sites excluding steroid dienone is 2. The van der Waals surface area contributed by atoms with Crippen molar-refractivity contribution in [2.75, 3.05) is 19.8 Å². The molecule has 0 spiro atoms. The summed E-state index contributed by atoms with van der Waals surface area (Å²) in [6.07, 6.45) is -2.97. The fourth-order valence-electron chi connectivity index (χ4n) is 1.74. The number of hydrogen-bond donors (Lipinski definition) is 0. The number of halogens is 4. The van der Waals surface area contributed by atoms with Crippen molar-refractivity contribution in [3.05, 3.63) is 52.5 Å². The highest BCUT2D eigenvalue weighted by molar-refractivity contribution is 6.30. The van der Waals surface area contributed by atoms with Gasteiger partial charge in [-0.1, -0.05) is 11.6 Å². The first-order valence-corrected chi connectivity index (χ1v) is 7.74. The Hall–Kier alpha value is -2.17. The van der Waals surface area contributed by atoms with Gasteiger partial charge in [0, 0.05) is 11.6 Å². The number of rotatable bonds is 8. The van der Waals surface area contributed by atoms with Crippen molar-refractivity contribution in [1.29, 1.82) is 5.26 Å². The molecule has 25 heavy (non-hydrogen) atoms. The summed E-state index contributed by atoms with van der Waals surface area (Å²) in [5.74, 6) is -0.457. The maximum absolute atomic E-state index is 13.4. The molecule has 0 aliphatic rings. The molecule has 1 rings (SSSR count). The second-order valence-corrected chi connectivity index (χ2v) is 5.06. The Morgan fingerprint density at radius 3 is 2.52 bits per heavy atom. The third-order valence-corrected chi connectivity index (χ3v) is 3.00. The van der Waals surface area contributed by atoms with Crippen molar-refractivity contribution >= 4 is 11.6 Å². The molecule has 0 aliphatic carbocycles. The van der Waals surface area contributed by atoms with Crippen LogP contribution in [0.25, 0.3) is 0 Å². The summed E-state index contributed by atoms with van der Waals surface area (Å²) < 4.78 is 55.4. The minimum atomic E-state index is -4.68. The van der Waals surface area contributed by atoms with Crippen molar-refractivity contribution < 1.29 is 27.4 Å². The van der Waals surface area contributed by atoms with Gasteiger partial charge in [0.25, 0.3) is 0 Å². The zero-order chi connectivity index (χ0) is 18.9. The van der Waals surface area contributed by atoms with E-state index in [0.29, 0.717) is 0 Å². The Morgan fingerprint density at radius 2 is 1.96 bits per heavy atom. The molecule has 0 saturated carbocycles. The molecule has 0 bridgehead atoms. The molecule has 0 aromatic heterocycles. The van der Waals surface area contributed by atoms with E-state index in [1.165, 1.54) is 18.2 Å². The molecular weight excluding hydrogens is 359 g/mol. The number of nitriles is 1. The van der Waals surface area contributed by atoms with Crippen LogP contribution in [-0.2, 0) is 9.47 Å². The van der Waals surface area contributed by atoms with Crippen LogP contribution in [0.3, 0.4) is 0 Å². The van der Waals surface area contributed by atoms with E-state index in [1.807, 2.05) is 6.07 Å². The SMILES string of the molecule is CCO/C=C/C(=C(/COCC)Oc1cc(Cl)cc(C#N)c1)C(F)(F)F. The summed E-state index contributed by atoms with van der Waals surface area (Å²) in [5.41, 5.74) is -0.885. The van der Waals surface area contributed by atoms with Gasteiger partial charge < -0.3 is 14.2 Å². The van der Waals surface area contributed by atoms with Crippen molar-refractivity contribution in [2.45, 2.75) is 20.0 Å². The molecule has 0 amide bonds. The number of benzene rings is 1. The monoisotopic (exact) mass is 375 g/mol. The minimum absolute atomic E-state index is 0.00492. The highest BCUT2D eigenvalue weighted by Crippen LogP contribution is 2.32. The summed E-state index contributed by atoms with van der Waals surface area (Å²) in [6.45, 7) is 3.31. The summed E-state index contributed by atoms with van der Waals surface area (Å²) >= 11 is 5.85. The molecule has 1 aromatic carbocycles. The van der Waals surface area contributed by atoms with E-state index >= 15 is 0 Å². The second-order valence-electron chi connectivity index (χ2n) is 4.62. The van der Waals surface area contributed by atoms with E-state index < -0.39 is 24.1 Å². The van der Waals surface area contributed by atoms with E-state index in [4.69, 9.17) is 31.1 Å². The Balaban J connectivity index is 3.32. The van der Waals surface area contributed by atoms with Crippen LogP contribution in [0.15, 0.2) is 41.9 Å². The molecule has 4 nitrogen and oxygen atoms in total. The van der Waals surface area contributed by atoms with E-state index in [0.717, 1.165) is 12.3 Å². The molecular formula is C17H17ClF3NO3. The van der Waals surface area contributed by atoms with E-state index in [1.54, 1.807) is 13.8 Å². The lowest BCUT2D eigenvalue weighted by Crippen LogP contribution is -2.18. The Morgan fingerprint density at radius 1 is 1.24 bits per heavy atom. The standard InChI is InChI=1S/C17H17ClF3NO3/c1-3-23-6-5-15(17(19,20)21)16(11-24-4-2)25-14-8-12(10-22)7-13(18)9-14/h5-9H,3-4,11H2,1-2H3/b6-5+,16-15+. The van der Waals surface area contributed by atoms with Gasteiger partial charge in [-0.2, -0.15) is 18.4 Å². The van der Waals surface area contributed by atoms with Crippen LogP contribution in [-0.4, -0.2) is 26.0 Å². The van der Waals surface area contributed by atoms with E-state index in [9.17, 15) is 13.2 Å². The average Bonchev–Trinajstić information content (AvgIpc) is 2.54. The maximum Gasteiger partial charge on any atom is 0.419 e. The lowest BCUT2D eigenvalue weighted by molar-refractivity contribution is -0.0917. The zero-order valence-corrected chi connectivity index (χ0v) is 14.4. The first-order valence-electron chi connectivity index (χ1n) is 7.36. The number of nitrogens with zero attached hydrogens (tertiary/aromatic N) is 1. The largest absolute Gasteiger partial charge is 0.501 e. The van der Waals surface area contributed by atoms with Gasteiger partial charge in [0.2, 0.25) is 0 Å². The van der Waals surface area contributed by atoms with Crippen molar-refractivity contribution in [3.8, 4) is 11.8 Å². The quantitative estimate of drug-likeness (QED) is 0.474. The average molecular weight is 376 g/mol. The zero-order valence-electron chi connectivity index (χ0n) is 13.7. The van der Waals surface area contributed by atoms with Crippen LogP contribution in [0.2, 0.25) is 5.02 Å². The van der Waals surface area contributed by atoms with Gasteiger partial charge in [-0.05, 0) is 38.1 Å². The van der Waals surface area contributed by atoms with Gasteiger partial charge in [-0.3, -0.25) is 0 Å². The fourth-order valence-corrected chi connectivity index (χ4v) is 1.97. The van der Waals surface area contributed by atoms with Crippen molar-refractivity contribution in [2.24, 2.45) is 0 Å². The molecule has 0 radical (unpaired) electrons. The minimum Gasteiger partial charge on any atom is -0.501 e. The normalized spacial score (nSPS) is 12.7. The van der Waals surface area contributed by atoms with Gasteiger partial charge >= 0.3 is 6.18 Å². The molecule has 136 valence electrons. The third kappa shape index (κ3) is 7.08. The number of hydrogen-bond acceptors (Lipinski definition) is 4. The summed E-state index contributed by atoms with van der Waals surface area (Å²) in [7, 11) is 0. The van der Waals surface area contributed by atoms with Gasteiger partial charge in [-0.15, -0.1) is 0 Å². The predicted molar refractivity (Wildman–Crippen MR) is 87.1 cm³/mol. The van der Waals surface area contributed by atoms with Gasteiger partial charge in [0.1, 0.15) is 18.1 Å². The summed E-state index contributed by atoms with van der Waals surface area (Å²) in [4.78, 5) is 0. The van der Waals surface area contributed by atoms with Gasteiger partial charge in [0.05, 0.1) is 30.1 Å². The molecule has 0 saturated heterocycles. The van der Waals surface area contributed by atoms with Gasteiger partial charge in [0.15, 0.2) is 0 Å². The van der Waals surface area contributed by atoms with Gasteiger partial charge in [-0.25, -0.2) is 0 Å². The first kappa shape index (κ1) is 20.9. The van der Waals surface area contributed by atoms with Crippen molar-refractivity contribution in [1.82, 2.24) is 0 Å². The Kier molecular flexibility index (Phi) is 8.32. The Labute approximate surface area is 149 Å². The van der Waals surface area contributed by atoms with Crippen LogP contribution in [0, 0.1) is 11.3 Å². The number of ether oxygens (including phenoxy) is 3. The molecule has 0 aliphatic heterocycles. The Bertz CT molecular complexity index is 679. The van der Waals surface area contributed by atoms with Crippen LogP contribution >= 0.6 is 11.6 Å². The van der Waals surface area contributed by atoms with E-state index in [2.05, 4.69) is 0 Å². The van der Waals surface area contributed by atoms with Crippen LogP contribution in [0.5, 0.6) is 5.75 Å². The lowest BCUT2D eigenvalue weighted by Gasteiger charge is -2.17.